The minimum absolute atomic E-state index is 0.0173. The molecule has 2 aromatic rings. The fourth-order valence-electron chi connectivity index (χ4n) is 2.26. The Morgan fingerprint density at radius 3 is 2.22 bits per heavy atom. The molecule has 0 aromatic heterocycles. The first-order valence-electron chi connectivity index (χ1n) is 7.41. The summed E-state index contributed by atoms with van der Waals surface area (Å²) in [6, 6.07) is 11.6. The van der Waals surface area contributed by atoms with E-state index >= 15 is 0 Å². The number of anilines is 1. The standard InChI is InChI=1S/C17H20N2O3S/c1-3-12-5-6-13(4-2)16(11-12)19-17(20)14-7-9-15(10-8-14)23(18,21)22/h5-11H,3-4H2,1-2H3,(H,19,20)(H2,18,21,22). The number of primary sulfonamides is 1. The Morgan fingerprint density at radius 1 is 1.04 bits per heavy atom. The van der Waals surface area contributed by atoms with E-state index in [2.05, 4.69) is 18.3 Å². The third-order valence-corrected chi connectivity index (χ3v) is 4.59. The fourth-order valence-corrected chi connectivity index (χ4v) is 2.77. The van der Waals surface area contributed by atoms with Crippen molar-refractivity contribution in [1.29, 1.82) is 0 Å². The van der Waals surface area contributed by atoms with Gasteiger partial charge >= 0.3 is 0 Å². The van der Waals surface area contributed by atoms with Crippen LogP contribution in [0.4, 0.5) is 5.69 Å². The van der Waals surface area contributed by atoms with Gasteiger partial charge in [0.1, 0.15) is 0 Å². The molecule has 0 unspecified atom stereocenters. The summed E-state index contributed by atoms with van der Waals surface area (Å²) in [4.78, 5) is 12.3. The van der Waals surface area contributed by atoms with Crippen molar-refractivity contribution in [2.75, 3.05) is 5.32 Å². The zero-order valence-electron chi connectivity index (χ0n) is 13.2. The lowest BCUT2D eigenvalue weighted by molar-refractivity contribution is 0.102. The summed E-state index contributed by atoms with van der Waals surface area (Å²) in [5.74, 6) is -0.283. The Balaban J connectivity index is 2.25. The molecule has 2 aromatic carbocycles. The summed E-state index contributed by atoms with van der Waals surface area (Å²) in [5.41, 5.74) is 3.35. The number of hydrogen-bond acceptors (Lipinski definition) is 3. The SMILES string of the molecule is CCc1ccc(CC)c(NC(=O)c2ccc(S(N)(=O)=O)cc2)c1. The topological polar surface area (TPSA) is 89.3 Å². The maximum absolute atomic E-state index is 12.4. The molecule has 5 nitrogen and oxygen atoms in total. The van der Waals surface area contributed by atoms with E-state index in [0.29, 0.717) is 5.56 Å². The first-order valence-corrected chi connectivity index (χ1v) is 8.95. The number of carbonyl (C=O) groups excluding carboxylic acids is 1. The third kappa shape index (κ3) is 4.18. The van der Waals surface area contributed by atoms with Crippen LogP contribution in [-0.4, -0.2) is 14.3 Å². The van der Waals surface area contributed by atoms with E-state index in [0.717, 1.165) is 29.7 Å². The minimum atomic E-state index is -3.76. The molecule has 0 saturated heterocycles. The van der Waals surface area contributed by atoms with Gasteiger partial charge in [-0.05, 0) is 54.3 Å². The molecule has 122 valence electrons. The minimum Gasteiger partial charge on any atom is -0.322 e. The Kier molecular flexibility index (Phi) is 5.18. The van der Waals surface area contributed by atoms with Gasteiger partial charge in [0.25, 0.3) is 5.91 Å². The number of aryl methyl sites for hydroxylation is 2. The van der Waals surface area contributed by atoms with Gasteiger partial charge < -0.3 is 5.32 Å². The van der Waals surface area contributed by atoms with Crippen molar-refractivity contribution in [2.24, 2.45) is 5.14 Å². The summed E-state index contributed by atoms with van der Waals surface area (Å²) in [6.45, 7) is 4.08. The zero-order valence-corrected chi connectivity index (χ0v) is 14.0. The molecule has 23 heavy (non-hydrogen) atoms. The molecule has 0 radical (unpaired) electrons. The third-order valence-electron chi connectivity index (χ3n) is 3.66. The van der Waals surface area contributed by atoms with E-state index in [1.165, 1.54) is 24.3 Å². The van der Waals surface area contributed by atoms with Crippen LogP contribution in [0.15, 0.2) is 47.4 Å². The van der Waals surface area contributed by atoms with Crippen molar-refractivity contribution in [2.45, 2.75) is 31.6 Å². The number of nitrogens with one attached hydrogen (secondary N) is 1. The second kappa shape index (κ2) is 6.93. The number of rotatable bonds is 5. The molecule has 0 fully saturated rings. The van der Waals surface area contributed by atoms with Gasteiger partial charge in [-0.1, -0.05) is 26.0 Å². The van der Waals surface area contributed by atoms with Gasteiger partial charge in [0.05, 0.1) is 4.90 Å². The number of nitrogens with two attached hydrogens (primary N) is 1. The molecule has 0 bridgehead atoms. The Labute approximate surface area is 136 Å². The molecule has 2 rings (SSSR count). The quantitative estimate of drug-likeness (QED) is 0.882. The molecule has 0 spiro atoms. The molecule has 1 amide bonds. The molecule has 0 aliphatic rings. The monoisotopic (exact) mass is 332 g/mol. The normalized spacial score (nSPS) is 11.3. The molecule has 3 N–H and O–H groups in total. The van der Waals surface area contributed by atoms with Crippen molar-refractivity contribution in [3.63, 3.8) is 0 Å². The van der Waals surface area contributed by atoms with Crippen molar-refractivity contribution < 1.29 is 13.2 Å². The van der Waals surface area contributed by atoms with E-state index < -0.39 is 10.0 Å². The molecule has 0 heterocycles. The first-order chi connectivity index (χ1) is 10.8. The second-order valence-corrected chi connectivity index (χ2v) is 6.78. The maximum atomic E-state index is 12.4. The number of benzene rings is 2. The summed E-state index contributed by atoms with van der Waals surface area (Å²) in [7, 11) is -3.76. The largest absolute Gasteiger partial charge is 0.322 e. The fraction of sp³-hybridized carbons (Fsp3) is 0.235. The molecule has 0 aliphatic heterocycles. The zero-order chi connectivity index (χ0) is 17.0. The van der Waals surface area contributed by atoms with Crippen molar-refractivity contribution >= 4 is 21.6 Å². The van der Waals surface area contributed by atoms with E-state index in [1.54, 1.807) is 0 Å². The van der Waals surface area contributed by atoms with Crippen LogP contribution >= 0.6 is 0 Å². The van der Waals surface area contributed by atoms with Crippen LogP contribution in [0.1, 0.15) is 35.3 Å². The van der Waals surface area contributed by atoms with Gasteiger partial charge in [0.15, 0.2) is 0 Å². The molecule has 0 atom stereocenters. The van der Waals surface area contributed by atoms with E-state index in [9.17, 15) is 13.2 Å². The van der Waals surface area contributed by atoms with Gasteiger partial charge in [-0.3, -0.25) is 4.79 Å². The highest BCUT2D eigenvalue weighted by atomic mass is 32.2. The smallest absolute Gasteiger partial charge is 0.255 e. The summed E-state index contributed by atoms with van der Waals surface area (Å²) >= 11 is 0. The van der Waals surface area contributed by atoms with Gasteiger partial charge in [-0.2, -0.15) is 0 Å². The van der Waals surface area contributed by atoms with Crippen molar-refractivity contribution in [3.8, 4) is 0 Å². The van der Waals surface area contributed by atoms with E-state index in [4.69, 9.17) is 5.14 Å². The highest BCUT2D eigenvalue weighted by molar-refractivity contribution is 7.89. The number of sulfonamides is 1. The van der Waals surface area contributed by atoms with Gasteiger partial charge in [-0.15, -0.1) is 0 Å². The Morgan fingerprint density at radius 2 is 1.70 bits per heavy atom. The Hall–Kier alpha value is -2.18. The molecular formula is C17H20N2O3S. The average molecular weight is 332 g/mol. The summed E-state index contributed by atoms with van der Waals surface area (Å²) < 4.78 is 22.5. The molecule has 0 saturated carbocycles. The highest BCUT2D eigenvalue weighted by Gasteiger charge is 2.12. The summed E-state index contributed by atoms with van der Waals surface area (Å²) in [6.07, 6.45) is 1.69. The Bertz CT molecular complexity index is 812. The summed E-state index contributed by atoms with van der Waals surface area (Å²) in [5, 5.41) is 7.94. The van der Waals surface area contributed by atoms with Crippen LogP contribution in [0, 0.1) is 0 Å². The van der Waals surface area contributed by atoms with Crippen LogP contribution < -0.4 is 10.5 Å². The van der Waals surface area contributed by atoms with Crippen LogP contribution in [0.25, 0.3) is 0 Å². The molecule has 6 heteroatoms. The molecular weight excluding hydrogens is 312 g/mol. The number of hydrogen-bond donors (Lipinski definition) is 2. The molecule has 0 aliphatic carbocycles. The van der Waals surface area contributed by atoms with Crippen LogP contribution in [0.5, 0.6) is 0 Å². The predicted molar refractivity (Wildman–Crippen MR) is 91.0 cm³/mol. The lowest BCUT2D eigenvalue weighted by Gasteiger charge is -2.12. The predicted octanol–water partition coefficient (Wildman–Crippen LogP) is 2.71. The lowest BCUT2D eigenvalue weighted by atomic mass is 10.0. The maximum Gasteiger partial charge on any atom is 0.255 e. The van der Waals surface area contributed by atoms with Gasteiger partial charge in [0.2, 0.25) is 10.0 Å². The highest BCUT2D eigenvalue weighted by Crippen LogP contribution is 2.20. The first kappa shape index (κ1) is 17.2. The van der Waals surface area contributed by atoms with E-state index in [-0.39, 0.29) is 10.8 Å². The van der Waals surface area contributed by atoms with Crippen molar-refractivity contribution in [1.82, 2.24) is 0 Å². The van der Waals surface area contributed by atoms with Crippen LogP contribution in [0.2, 0.25) is 0 Å². The lowest BCUT2D eigenvalue weighted by Crippen LogP contribution is -2.15. The van der Waals surface area contributed by atoms with E-state index in [1.807, 2.05) is 19.1 Å². The van der Waals surface area contributed by atoms with Gasteiger partial charge in [-0.25, -0.2) is 13.6 Å². The van der Waals surface area contributed by atoms with Crippen LogP contribution in [-0.2, 0) is 22.9 Å². The van der Waals surface area contributed by atoms with Gasteiger partial charge in [0, 0.05) is 11.3 Å². The van der Waals surface area contributed by atoms with Crippen LogP contribution in [0.3, 0.4) is 0 Å². The average Bonchev–Trinajstić information content (AvgIpc) is 2.54. The second-order valence-electron chi connectivity index (χ2n) is 5.22. The number of amides is 1. The van der Waals surface area contributed by atoms with Crippen molar-refractivity contribution in [3.05, 3.63) is 59.2 Å². The number of carbonyl (C=O) groups is 1.